The second kappa shape index (κ2) is 9.22. The predicted octanol–water partition coefficient (Wildman–Crippen LogP) is 5.38. The molecule has 0 bridgehead atoms. The summed E-state index contributed by atoms with van der Waals surface area (Å²) in [6.45, 7) is 6.33. The van der Waals surface area contributed by atoms with E-state index in [0.29, 0.717) is 5.92 Å². The van der Waals surface area contributed by atoms with Crippen molar-refractivity contribution in [2.45, 2.75) is 89.6 Å². The van der Waals surface area contributed by atoms with E-state index in [2.05, 4.69) is 45.0 Å². The molecule has 1 fully saturated rings. The summed E-state index contributed by atoms with van der Waals surface area (Å²) in [5.74, 6) is 2.11. The molecule has 1 aliphatic heterocycles. The highest BCUT2D eigenvalue weighted by molar-refractivity contribution is 5.51. The van der Waals surface area contributed by atoms with Gasteiger partial charge >= 0.3 is 0 Å². The number of ether oxygens (including phenoxy) is 2. The van der Waals surface area contributed by atoms with Crippen molar-refractivity contribution in [1.29, 1.82) is 0 Å². The fourth-order valence-corrected chi connectivity index (χ4v) is 5.55. The second-order valence-corrected chi connectivity index (χ2v) is 9.84. The van der Waals surface area contributed by atoms with Crippen LogP contribution in [-0.4, -0.2) is 28.0 Å². The monoisotopic (exact) mass is 424 g/mol. The maximum absolute atomic E-state index is 10.3. The van der Waals surface area contributed by atoms with Crippen LogP contribution in [0.15, 0.2) is 42.5 Å². The lowest BCUT2D eigenvalue weighted by atomic mass is 9.65. The van der Waals surface area contributed by atoms with E-state index >= 15 is 0 Å². The van der Waals surface area contributed by atoms with Gasteiger partial charge in [0.25, 0.3) is 0 Å². The van der Waals surface area contributed by atoms with Crippen LogP contribution in [0.2, 0.25) is 0 Å². The standard InChI is InChI=1S/C27H36O4/c1-18(8-7-11-19-9-5-4-6-10-19)30-22-14-20(17-28)26-23-15-21(29)12-13-24(23)27(2,3)31-25(26)16-22/h4-6,9-10,14,16,18,21,23-24,28-29H,7-8,11-13,15,17H2,1-3H3/t18?,21-,23-,24-/m1/s1. The molecule has 2 aromatic rings. The molecule has 168 valence electrons. The van der Waals surface area contributed by atoms with E-state index in [1.165, 1.54) is 5.56 Å². The lowest BCUT2D eigenvalue weighted by molar-refractivity contribution is -0.0318. The van der Waals surface area contributed by atoms with Gasteiger partial charge in [-0.15, -0.1) is 0 Å². The van der Waals surface area contributed by atoms with E-state index in [9.17, 15) is 10.2 Å². The summed E-state index contributed by atoms with van der Waals surface area (Å²) >= 11 is 0. The molecule has 2 aromatic carbocycles. The molecule has 0 spiro atoms. The molecule has 31 heavy (non-hydrogen) atoms. The van der Waals surface area contributed by atoms with Crippen LogP contribution >= 0.6 is 0 Å². The molecule has 4 rings (SSSR count). The zero-order valence-electron chi connectivity index (χ0n) is 19.0. The van der Waals surface area contributed by atoms with Gasteiger partial charge in [-0.1, -0.05) is 30.3 Å². The maximum Gasteiger partial charge on any atom is 0.127 e. The van der Waals surface area contributed by atoms with Gasteiger partial charge in [-0.05, 0) is 82.4 Å². The van der Waals surface area contributed by atoms with Gasteiger partial charge in [0.2, 0.25) is 0 Å². The van der Waals surface area contributed by atoms with Crippen molar-refractivity contribution in [2.75, 3.05) is 0 Å². The number of aryl methyl sites for hydroxylation is 1. The molecule has 1 aliphatic carbocycles. The van der Waals surface area contributed by atoms with Gasteiger partial charge in [-0.2, -0.15) is 0 Å². The van der Waals surface area contributed by atoms with Crippen LogP contribution in [0.1, 0.15) is 75.5 Å². The summed E-state index contributed by atoms with van der Waals surface area (Å²) in [6, 6.07) is 14.5. The van der Waals surface area contributed by atoms with Crippen LogP contribution in [0.3, 0.4) is 0 Å². The second-order valence-electron chi connectivity index (χ2n) is 9.84. The van der Waals surface area contributed by atoms with Gasteiger partial charge in [-0.3, -0.25) is 0 Å². The minimum Gasteiger partial charge on any atom is -0.491 e. The Kier molecular flexibility index (Phi) is 6.59. The van der Waals surface area contributed by atoms with E-state index in [1.807, 2.05) is 18.2 Å². The molecule has 1 heterocycles. The van der Waals surface area contributed by atoms with Crippen LogP contribution in [0.4, 0.5) is 0 Å². The number of fused-ring (bicyclic) bond motifs is 3. The molecule has 2 N–H and O–H groups in total. The summed E-state index contributed by atoms with van der Waals surface area (Å²) < 4.78 is 12.7. The highest BCUT2D eigenvalue weighted by Crippen LogP contribution is 2.53. The maximum atomic E-state index is 10.3. The molecule has 1 unspecified atom stereocenters. The molecule has 4 atom stereocenters. The lowest BCUT2D eigenvalue weighted by Crippen LogP contribution is -2.47. The fraction of sp³-hybridized carbons (Fsp3) is 0.556. The molecular weight excluding hydrogens is 388 g/mol. The van der Waals surface area contributed by atoms with Gasteiger partial charge in [0.1, 0.15) is 17.1 Å². The van der Waals surface area contributed by atoms with Crippen molar-refractivity contribution < 1.29 is 19.7 Å². The predicted molar refractivity (Wildman–Crippen MR) is 123 cm³/mol. The Morgan fingerprint density at radius 1 is 1.16 bits per heavy atom. The summed E-state index contributed by atoms with van der Waals surface area (Å²) in [5, 5.41) is 20.5. The van der Waals surface area contributed by atoms with Crippen molar-refractivity contribution in [3.05, 3.63) is 59.2 Å². The molecule has 1 saturated carbocycles. The Balaban J connectivity index is 1.49. The van der Waals surface area contributed by atoms with Crippen LogP contribution in [-0.2, 0) is 13.0 Å². The average molecular weight is 425 g/mol. The third kappa shape index (κ3) is 4.91. The first-order chi connectivity index (χ1) is 14.9. The largest absolute Gasteiger partial charge is 0.491 e. The van der Waals surface area contributed by atoms with E-state index in [0.717, 1.165) is 61.2 Å². The number of hydrogen-bond donors (Lipinski definition) is 2. The zero-order chi connectivity index (χ0) is 22.0. The minimum atomic E-state index is -0.301. The Hall–Kier alpha value is -2.04. The van der Waals surface area contributed by atoms with E-state index in [-0.39, 0.29) is 30.3 Å². The van der Waals surface area contributed by atoms with Crippen molar-refractivity contribution in [2.24, 2.45) is 5.92 Å². The SMILES string of the molecule is CC(CCCc1ccccc1)Oc1cc(CO)c2c(c1)OC(C)(C)[C@@H]1CC[C@@H](O)C[C@@H]21. The normalized spacial score (nSPS) is 25.1. The first kappa shape index (κ1) is 22.2. The molecule has 4 nitrogen and oxygen atoms in total. The van der Waals surface area contributed by atoms with Gasteiger partial charge < -0.3 is 19.7 Å². The number of hydrogen-bond acceptors (Lipinski definition) is 4. The molecule has 4 heteroatoms. The van der Waals surface area contributed by atoms with Crippen LogP contribution in [0.25, 0.3) is 0 Å². The van der Waals surface area contributed by atoms with E-state index < -0.39 is 0 Å². The highest BCUT2D eigenvalue weighted by Gasteiger charge is 2.47. The Bertz CT molecular complexity index is 876. The number of aliphatic hydroxyl groups is 2. The van der Waals surface area contributed by atoms with Gasteiger partial charge in [0, 0.05) is 17.5 Å². The van der Waals surface area contributed by atoms with E-state index in [4.69, 9.17) is 9.47 Å². The van der Waals surface area contributed by atoms with Crippen molar-refractivity contribution in [1.82, 2.24) is 0 Å². The fourth-order valence-electron chi connectivity index (χ4n) is 5.55. The Morgan fingerprint density at radius 2 is 1.94 bits per heavy atom. The number of benzene rings is 2. The third-order valence-corrected chi connectivity index (χ3v) is 7.09. The molecule has 0 aromatic heterocycles. The summed E-state index contributed by atoms with van der Waals surface area (Å²) in [7, 11) is 0. The molecule has 0 amide bonds. The molecule has 0 radical (unpaired) electrons. The van der Waals surface area contributed by atoms with E-state index in [1.54, 1.807) is 0 Å². The van der Waals surface area contributed by atoms with Crippen molar-refractivity contribution >= 4 is 0 Å². The summed E-state index contributed by atoms with van der Waals surface area (Å²) in [6.07, 6.45) is 5.36. The third-order valence-electron chi connectivity index (χ3n) is 7.09. The van der Waals surface area contributed by atoms with Crippen LogP contribution in [0.5, 0.6) is 11.5 Å². The Labute approximate surface area is 186 Å². The van der Waals surface area contributed by atoms with Crippen molar-refractivity contribution in [3.63, 3.8) is 0 Å². The zero-order valence-corrected chi connectivity index (χ0v) is 19.0. The minimum absolute atomic E-state index is 0.0506. The van der Waals surface area contributed by atoms with Crippen molar-refractivity contribution in [3.8, 4) is 11.5 Å². The van der Waals surface area contributed by atoms with Gasteiger partial charge in [-0.25, -0.2) is 0 Å². The summed E-state index contributed by atoms with van der Waals surface area (Å²) in [4.78, 5) is 0. The molecule has 0 saturated heterocycles. The molecular formula is C27H36O4. The summed E-state index contributed by atoms with van der Waals surface area (Å²) in [5.41, 5.74) is 2.98. The van der Waals surface area contributed by atoms with Crippen LogP contribution < -0.4 is 9.47 Å². The average Bonchev–Trinajstić information content (AvgIpc) is 2.73. The topological polar surface area (TPSA) is 58.9 Å². The Morgan fingerprint density at radius 3 is 2.68 bits per heavy atom. The van der Waals surface area contributed by atoms with Crippen LogP contribution in [0, 0.1) is 5.92 Å². The molecule has 2 aliphatic rings. The number of rotatable bonds is 7. The number of aliphatic hydroxyl groups excluding tert-OH is 2. The first-order valence-electron chi connectivity index (χ1n) is 11.7. The van der Waals surface area contributed by atoms with Gasteiger partial charge in [0.15, 0.2) is 0 Å². The van der Waals surface area contributed by atoms with Gasteiger partial charge in [0.05, 0.1) is 18.8 Å². The highest BCUT2D eigenvalue weighted by atomic mass is 16.5. The smallest absolute Gasteiger partial charge is 0.127 e. The quantitative estimate of drug-likeness (QED) is 0.626. The first-order valence-corrected chi connectivity index (χ1v) is 11.7. The lowest BCUT2D eigenvalue weighted by Gasteiger charge is -2.49.